The number of nitro groups is 1. The van der Waals surface area contributed by atoms with Crippen molar-refractivity contribution in [2.24, 2.45) is 0 Å². The Hall–Kier alpha value is -2.65. The molecule has 0 radical (unpaired) electrons. The van der Waals surface area contributed by atoms with E-state index in [4.69, 9.17) is 4.74 Å². The molecule has 0 N–H and O–H groups in total. The van der Waals surface area contributed by atoms with Gasteiger partial charge in [0.2, 0.25) is 0 Å². The zero-order valence-corrected chi connectivity index (χ0v) is 16.5. The molecule has 2 aromatic carbocycles. The third-order valence-electron chi connectivity index (χ3n) is 3.81. The van der Waals surface area contributed by atoms with Crippen LogP contribution in [0.15, 0.2) is 51.8 Å². The quantitative estimate of drug-likeness (QED) is 0.377. The van der Waals surface area contributed by atoms with Crippen molar-refractivity contribution >= 4 is 50.6 Å². The summed E-state index contributed by atoms with van der Waals surface area (Å²) in [5.41, 5.74) is 1.17. The molecule has 1 heterocycles. The molecule has 1 saturated heterocycles. The van der Waals surface area contributed by atoms with Gasteiger partial charge in [-0.15, -0.1) is 0 Å². The Kier molecular flexibility index (Phi) is 5.62. The number of rotatable bonds is 5. The van der Waals surface area contributed by atoms with E-state index in [0.717, 1.165) is 26.7 Å². The summed E-state index contributed by atoms with van der Waals surface area (Å²) in [7, 11) is 1.55. The number of imide groups is 1. The number of carbonyl (C=O) groups is 2. The van der Waals surface area contributed by atoms with Crippen LogP contribution in [0, 0.1) is 10.1 Å². The third kappa shape index (κ3) is 4.20. The summed E-state index contributed by atoms with van der Waals surface area (Å²) in [5, 5.41) is 10.5. The molecule has 138 valence electrons. The van der Waals surface area contributed by atoms with E-state index < -0.39 is 16.1 Å². The minimum Gasteiger partial charge on any atom is -0.496 e. The van der Waals surface area contributed by atoms with Gasteiger partial charge in [-0.3, -0.25) is 24.6 Å². The summed E-state index contributed by atoms with van der Waals surface area (Å²) >= 11 is 4.22. The van der Waals surface area contributed by atoms with Crippen LogP contribution in [0.2, 0.25) is 0 Å². The van der Waals surface area contributed by atoms with E-state index in [2.05, 4.69) is 15.9 Å². The first kappa shape index (κ1) is 19.1. The predicted molar refractivity (Wildman–Crippen MR) is 105 cm³/mol. The monoisotopic (exact) mass is 448 g/mol. The van der Waals surface area contributed by atoms with E-state index in [0.29, 0.717) is 16.2 Å². The van der Waals surface area contributed by atoms with Crippen LogP contribution >= 0.6 is 27.7 Å². The average molecular weight is 449 g/mol. The maximum Gasteiger partial charge on any atom is 0.293 e. The summed E-state index contributed by atoms with van der Waals surface area (Å²) in [5.74, 6) is 0.231. The number of halogens is 1. The van der Waals surface area contributed by atoms with Crippen LogP contribution in [0.1, 0.15) is 11.1 Å². The van der Waals surface area contributed by atoms with Crippen LogP contribution in [0.25, 0.3) is 6.08 Å². The van der Waals surface area contributed by atoms with Gasteiger partial charge in [0, 0.05) is 12.1 Å². The Morgan fingerprint density at radius 3 is 2.70 bits per heavy atom. The molecule has 0 bridgehead atoms. The molecule has 2 amide bonds. The fraction of sp³-hybridized carbons (Fsp3) is 0.111. The molecule has 0 saturated carbocycles. The van der Waals surface area contributed by atoms with Crippen LogP contribution in [0.5, 0.6) is 5.75 Å². The number of thioether (sulfide) groups is 1. The molecule has 27 heavy (non-hydrogen) atoms. The van der Waals surface area contributed by atoms with Crippen molar-refractivity contribution < 1.29 is 19.2 Å². The van der Waals surface area contributed by atoms with Gasteiger partial charge < -0.3 is 4.74 Å². The number of benzene rings is 2. The first-order valence-electron chi connectivity index (χ1n) is 7.71. The second-order valence-corrected chi connectivity index (χ2v) is 7.44. The maximum atomic E-state index is 12.6. The standard InChI is InChI=1S/C18H13BrN2O5S/c1-26-15-6-5-11(8-14(15)19)9-16-17(22)20(18(23)27-16)10-12-3-2-4-13(7-12)21(24)25/h2-9H,10H2,1H3. The van der Waals surface area contributed by atoms with Crippen molar-refractivity contribution in [3.63, 3.8) is 0 Å². The van der Waals surface area contributed by atoms with Crippen LogP contribution < -0.4 is 4.74 Å². The molecule has 3 rings (SSSR count). The van der Waals surface area contributed by atoms with Gasteiger partial charge in [0.05, 0.1) is 28.0 Å². The topological polar surface area (TPSA) is 89.8 Å². The molecule has 0 unspecified atom stereocenters. The van der Waals surface area contributed by atoms with Gasteiger partial charge in [-0.25, -0.2) is 0 Å². The van der Waals surface area contributed by atoms with Gasteiger partial charge in [0.1, 0.15) is 5.75 Å². The number of hydrogen-bond acceptors (Lipinski definition) is 6. The third-order valence-corrected chi connectivity index (χ3v) is 5.34. The normalized spacial score (nSPS) is 15.5. The molecule has 1 fully saturated rings. The number of methoxy groups -OCH3 is 1. The van der Waals surface area contributed by atoms with Crippen molar-refractivity contribution in [2.45, 2.75) is 6.54 Å². The van der Waals surface area contributed by atoms with Gasteiger partial charge >= 0.3 is 0 Å². The van der Waals surface area contributed by atoms with E-state index in [9.17, 15) is 19.7 Å². The lowest BCUT2D eigenvalue weighted by Gasteiger charge is -2.12. The number of nitro benzene ring substituents is 1. The van der Waals surface area contributed by atoms with Gasteiger partial charge in [0.15, 0.2) is 0 Å². The van der Waals surface area contributed by atoms with E-state index >= 15 is 0 Å². The molecular weight excluding hydrogens is 436 g/mol. The van der Waals surface area contributed by atoms with Gasteiger partial charge in [0.25, 0.3) is 16.8 Å². The van der Waals surface area contributed by atoms with Crippen LogP contribution in [0.4, 0.5) is 10.5 Å². The van der Waals surface area contributed by atoms with Gasteiger partial charge in [-0.2, -0.15) is 0 Å². The molecule has 2 aromatic rings. The van der Waals surface area contributed by atoms with Crippen molar-refractivity contribution in [3.8, 4) is 5.75 Å². The van der Waals surface area contributed by atoms with Crippen LogP contribution in [-0.2, 0) is 11.3 Å². The largest absolute Gasteiger partial charge is 0.496 e. The Labute approximate surface area is 167 Å². The molecular formula is C18H13BrN2O5S. The second kappa shape index (κ2) is 7.93. The Bertz CT molecular complexity index is 976. The molecule has 0 aliphatic carbocycles. The Morgan fingerprint density at radius 1 is 1.26 bits per heavy atom. The number of carbonyl (C=O) groups excluding carboxylic acids is 2. The second-order valence-electron chi connectivity index (χ2n) is 5.59. The minimum atomic E-state index is -0.515. The molecule has 0 spiro atoms. The van der Waals surface area contributed by atoms with E-state index in [1.165, 1.54) is 18.2 Å². The number of amides is 2. The fourth-order valence-corrected chi connectivity index (χ4v) is 3.91. The molecule has 9 heteroatoms. The number of ether oxygens (including phenoxy) is 1. The van der Waals surface area contributed by atoms with Crippen molar-refractivity contribution in [1.29, 1.82) is 0 Å². The lowest BCUT2D eigenvalue weighted by molar-refractivity contribution is -0.384. The van der Waals surface area contributed by atoms with Crippen LogP contribution in [-0.4, -0.2) is 28.1 Å². The minimum absolute atomic E-state index is 0.0179. The lowest BCUT2D eigenvalue weighted by Crippen LogP contribution is -2.27. The van der Waals surface area contributed by atoms with Gasteiger partial charge in [-0.1, -0.05) is 18.2 Å². The number of hydrogen-bond donors (Lipinski definition) is 0. The highest BCUT2D eigenvalue weighted by atomic mass is 79.9. The Morgan fingerprint density at radius 2 is 2.04 bits per heavy atom. The zero-order chi connectivity index (χ0) is 19.6. The fourth-order valence-electron chi connectivity index (χ4n) is 2.51. The number of non-ortho nitro benzene ring substituents is 1. The highest BCUT2D eigenvalue weighted by Crippen LogP contribution is 2.34. The summed E-state index contributed by atoms with van der Waals surface area (Å²) in [6.45, 7) is -0.0179. The lowest BCUT2D eigenvalue weighted by atomic mass is 10.2. The summed E-state index contributed by atoms with van der Waals surface area (Å²) < 4.78 is 5.90. The highest BCUT2D eigenvalue weighted by molar-refractivity contribution is 9.10. The summed E-state index contributed by atoms with van der Waals surface area (Å²) in [6.07, 6.45) is 1.63. The van der Waals surface area contributed by atoms with Crippen molar-refractivity contribution in [3.05, 3.63) is 73.1 Å². The smallest absolute Gasteiger partial charge is 0.293 e. The van der Waals surface area contributed by atoms with Gasteiger partial charge in [-0.05, 0) is 57.0 Å². The first-order chi connectivity index (χ1) is 12.9. The zero-order valence-electron chi connectivity index (χ0n) is 14.0. The maximum absolute atomic E-state index is 12.6. The molecule has 1 aliphatic heterocycles. The Balaban J connectivity index is 1.81. The molecule has 1 aliphatic rings. The predicted octanol–water partition coefficient (Wildman–Crippen LogP) is 4.60. The molecule has 7 nitrogen and oxygen atoms in total. The summed E-state index contributed by atoms with van der Waals surface area (Å²) in [6, 6.07) is 11.2. The SMILES string of the molecule is COc1ccc(C=C2SC(=O)N(Cc3cccc([N+](=O)[O-])c3)C2=O)cc1Br. The molecule has 0 atom stereocenters. The first-order valence-corrected chi connectivity index (χ1v) is 9.32. The van der Waals surface area contributed by atoms with E-state index in [-0.39, 0.29) is 12.2 Å². The number of nitrogens with zero attached hydrogens (tertiary/aromatic N) is 2. The van der Waals surface area contributed by atoms with Crippen molar-refractivity contribution in [1.82, 2.24) is 4.90 Å². The van der Waals surface area contributed by atoms with E-state index in [1.807, 2.05) is 0 Å². The summed E-state index contributed by atoms with van der Waals surface area (Å²) in [4.78, 5) is 36.6. The highest BCUT2D eigenvalue weighted by Gasteiger charge is 2.35. The van der Waals surface area contributed by atoms with Crippen LogP contribution in [0.3, 0.4) is 0 Å². The molecule has 0 aromatic heterocycles. The average Bonchev–Trinajstić information content (AvgIpc) is 2.89. The van der Waals surface area contributed by atoms with Crippen molar-refractivity contribution in [2.75, 3.05) is 7.11 Å². The van der Waals surface area contributed by atoms with E-state index in [1.54, 1.807) is 37.5 Å².